The standard InChI is InChI=1S/C15H20N4O/c1-12(20)18(2)11-13-6-4-5-7-15(13)16-10-14-8-9-17-19(14)3/h4-9,16H,10-11H2,1-3H3. The Bertz CT molecular complexity index is 591. The van der Waals surface area contributed by atoms with Crippen molar-refractivity contribution < 1.29 is 4.79 Å². The number of aromatic nitrogens is 2. The second-order valence-corrected chi connectivity index (χ2v) is 4.83. The van der Waals surface area contributed by atoms with Gasteiger partial charge in [0.05, 0.1) is 12.2 Å². The fourth-order valence-corrected chi connectivity index (χ4v) is 1.96. The van der Waals surface area contributed by atoms with Crippen molar-refractivity contribution in [3.05, 3.63) is 47.8 Å². The van der Waals surface area contributed by atoms with Gasteiger partial charge in [0.2, 0.25) is 5.91 Å². The van der Waals surface area contributed by atoms with Gasteiger partial charge >= 0.3 is 0 Å². The summed E-state index contributed by atoms with van der Waals surface area (Å²) in [4.78, 5) is 13.0. The summed E-state index contributed by atoms with van der Waals surface area (Å²) in [7, 11) is 3.73. The number of para-hydroxylation sites is 1. The number of hydrogen-bond donors (Lipinski definition) is 1. The minimum absolute atomic E-state index is 0.0615. The lowest BCUT2D eigenvalue weighted by Crippen LogP contribution is -2.23. The van der Waals surface area contributed by atoms with Gasteiger partial charge in [-0.15, -0.1) is 0 Å². The SMILES string of the molecule is CC(=O)N(C)Cc1ccccc1NCc1ccnn1C. The minimum atomic E-state index is 0.0615. The highest BCUT2D eigenvalue weighted by atomic mass is 16.2. The van der Waals surface area contributed by atoms with Crippen molar-refractivity contribution in [2.24, 2.45) is 7.05 Å². The zero-order valence-corrected chi connectivity index (χ0v) is 12.1. The molecule has 1 amide bonds. The normalized spacial score (nSPS) is 10.3. The monoisotopic (exact) mass is 272 g/mol. The molecule has 5 heteroatoms. The Kier molecular flexibility index (Phi) is 4.40. The second-order valence-electron chi connectivity index (χ2n) is 4.83. The molecular formula is C15H20N4O. The van der Waals surface area contributed by atoms with Crippen LogP contribution in [0.2, 0.25) is 0 Å². The first-order valence-corrected chi connectivity index (χ1v) is 6.58. The van der Waals surface area contributed by atoms with Gasteiger partial charge in [0.15, 0.2) is 0 Å². The number of benzene rings is 1. The first-order valence-electron chi connectivity index (χ1n) is 6.58. The predicted molar refractivity (Wildman–Crippen MR) is 79.1 cm³/mol. The summed E-state index contributed by atoms with van der Waals surface area (Å²) in [5.74, 6) is 0.0615. The molecule has 5 nitrogen and oxygen atoms in total. The Balaban J connectivity index is 2.08. The molecule has 1 aromatic heterocycles. The highest BCUT2D eigenvalue weighted by Gasteiger charge is 2.07. The minimum Gasteiger partial charge on any atom is -0.379 e. The van der Waals surface area contributed by atoms with Crippen LogP contribution >= 0.6 is 0 Å². The summed E-state index contributed by atoms with van der Waals surface area (Å²) in [6.45, 7) is 2.88. The topological polar surface area (TPSA) is 50.2 Å². The molecule has 0 aliphatic heterocycles. The third-order valence-corrected chi connectivity index (χ3v) is 3.34. The molecule has 1 aromatic carbocycles. The van der Waals surface area contributed by atoms with Gasteiger partial charge in [0.1, 0.15) is 0 Å². The number of hydrogen-bond acceptors (Lipinski definition) is 3. The Labute approximate surface area is 119 Å². The van der Waals surface area contributed by atoms with Crippen molar-refractivity contribution in [2.45, 2.75) is 20.0 Å². The van der Waals surface area contributed by atoms with E-state index in [4.69, 9.17) is 0 Å². The van der Waals surface area contributed by atoms with E-state index in [0.717, 1.165) is 16.9 Å². The van der Waals surface area contributed by atoms with E-state index in [1.165, 1.54) is 0 Å². The largest absolute Gasteiger partial charge is 0.379 e. The van der Waals surface area contributed by atoms with Gasteiger partial charge in [-0.25, -0.2) is 0 Å². The Morgan fingerprint density at radius 3 is 2.75 bits per heavy atom. The maximum atomic E-state index is 11.3. The Morgan fingerprint density at radius 1 is 1.35 bits per heavy atom. The summed E-state index contributed by atoms with van der Waals surface area (Å²) in [5.41, 5.74) is 3.26. The molecular weight excluding hydrogens is 252 g/mol. The zero-order chi connectivity index (χ0) is 14.5. The smallest absolute Gasteiger partial charge is 0.219 e. The average molecular weight is 272 g/mol. The highest BCUT2D eigenvalue weighted by Crippen LogP contribution is 2.17. The predicted octanol–water partition coefficient (Wildman–Crippen LogP) is 2.01. The van der Waals surface area contributed by atoms with Crippen LogP contribution in [0, 0.1) is 0 Å². The molecule has 0 saturated heterocycles. The van der Waals surface area contributed by atoms with Crippen molar-refractivity contribution in [2.75, 3.05) is 12.4 Å². The summed E-state index contributed by atoms with van der Waals surface area (Å²) in [6, 6.07) is 10.0. The van der Waals surface area contributed by atoms with Gasteiger partial charge in [-0.2, -0.15) is 5.10 Å². The van der Waals surface area contributed by atoms with E-state index >= 15 is 0 Å². The maximum Gasteiger partial charge on any atom is 0.219 e. The van der Waals surface area contributed by atoms with Crippen LogP contribution in [0.5, 0.6) is 0 Å². The highest BCUT2D eigenvalue weighted by molar-refractivity contribution is 5.73. The number of carbonyl (C=O) groups excluding carboxylic acids is 1. The molecule has 0 bridgehead atoms. The molecule has 1 N–H and O–H groups in total. The number of carbonyl (C=O) groups is 1. The Morgan fingerprint density at radius 2 is 2.10 bits per heavy atom. The number of nitrogens with zero attached hydrogens (tertiary/aromatic N) is 3. The van der Waals surface area contributed by atoms with Crippen LogP contribution < -0.4 is 5.32 Å². The quantitative estimate of drug-likeness (QED) is 0.906. The Hall–Kier alpha value is -2.30. The van der Waals surface area contributed by atoms with Crippen LogP contribution in [0.15, 0.2) is 36.5 Å². The van der Waals surface area contributed by atoms with Crippen molar-refractivity contribution >= 4 is 11.6 Å². The van der Waals surface area contributed by atoms with E-state index in [1.54, 1.807) is 25.1 Å². The fraction of sp³-hybridized carbons (Fsp3) is 0.333. The summed E-state index contributed by atoms with van der Waals surface area (Å²) >= 11 is 0. The summed E-state index contributed by atoms with van der Waals surface area (Å²) in [6.07, 6.45) is 1.78. The second kappa shape index (κ2) is 6.23. The molecule has 2 aromatic rings. The van der Waals surface area contributed by atoms with Crippen LogP contribution in [0.4, 0.5) is 5.69 Å². The van der Waals surface area contributed by atoms with E-state index in [2.05, 4.69) is 10.4 Å². The molecule has 0 unspecified atom stereocenters. The fourth-order valence-electron chi connectivity index (χ4n) is 1.96. The van der Waals surface area contributed by atoms with Crippen molar-refractivity contribution in [3.8, 4) is 0 Å². The lowest BCUT2D eigenvalue weighted by Gasteiger charge is -2.18. The van der Waals surface area contributed by atoms with Crippen LogP contribution in [0.3, 0.4) is 0 Å². The molecule has 20 heavy (non-hydrogen) atoms. The molecule has 0 aliphatic rings. The van der Waals surface area contributed by atoms with E-state index < -0.39 is 0 Å². The van der Waals surface area contributed by atoms with Gasteiger partial charge < -0.3 is 10.2 Å². The van der Waals surface area contributed by atoms with Crippen LogP contribution in [-0.2, 0) is 24.9 Å². The summed E-state index contributed by atoms with van der Waals surface area (Å²) < 4.78 is 1.84. The molecule has 0 atom stereocenters. The first-order chi connectivity index (χ1) is 9.58. The molecule has 0 spiro atoms. The van der Waals surface area contributed by atoms with Crippen LogP contribution in [0.25, 0.3) is 0 Å². The first kappa shape index (κ1) is 14.1. The molecule has 2 rings (SSSR count). The molecule has 0 fully saturated rings. The molecule has 0 aliphatic carbocycles. The number of amides is 1. The lowest BCUT2D eigenvalue weighted by molar-refractivity contribution is -0.128. The molecule has 0 radical (unpaired) electrons. The molecule has 106 valence electrons. The van der Waals surface area contributed by atoms with Gasteiger partial charge in [-0.05, 0) is 17.7 Å². The van der Waals surface area contributed by atoms with Crippen LogP contribution in [0.1, 0.15) is 18.2 Å². The van der Waals surface area contributed by atoms with E-state index in [0.29, 0.717) is 13.1 Å². The van der Waals surface area contributed by atoms with Crippen molar-refractivity contribution in [3.63, 3.8) is 0 Å². The number of rotatable bonds is 5. The van der Waals surface area contributed by atoms with Crippen molar-refractivity contribution in [1.82, 2.24) is 14.7 Å². The summed E-state index contributed by atoms with van der Waals surface area (Å²) in [5, 5.41) is 7.55. The van der Waals surface area contributed by atoms with Gasteiger partial charge in [0, 0.05) is 39.4 Å². The number of aryl methyl sites for hydroxylation is 1. The van der Waals surface area contributed by atoms with Gasteiger partial charge in [-0.1, -0.05) is 18.2 Å². The zero-order valence-electron chi connectivity index (χ0n) is 12.1. The number of anilines is 1. The molecule has 0 saturated carbocycles. The van der Waals surface area contributed by atoms with Gasteiger partial charge in [-0.3, -0.25) is 9.48 Å². The van der Waals surface area contributed by atoms with E-state index in [-0.39, 0.29) is 5.91 Å². The van der Waals surface area contributed by atoms with Gasteiger partial charge in [0.25, 0.3) is 0 Å². The number of nitrogens with one attached hydrogen (secondary N) is 1. The van der Waals surface area contributed by atoms with E-state index in [9.17, 15) is 4.79 Å². The third kappa shape index (κ3) is 3.38. The van der Waals surface area contributed by atoms with E-state index in [1.807, 2.05) is 42.1 Å². The molecule has 1 heterocycles. The van der Waals surface area contributed by atoms with Crippen molar-refractivity contribution in [1.29, 1.82) is 0 Å². The third-order valence-electron chi connectivity index (χ3n) is 3.34. The average Bonchev–Trinajstić information content (AvgIpc) is 2.83. The van der Waals surface area contributed by atoms with Crippen LogP contribution in [-0.4, -0.2) is 27.6 Å². The lowest BCUT2D eigenvalue weighted by atomic mass is 10.1. The maximum absolute atomic E-state index is 11.3.